The van der Waals surface area contributed by atoms with Gasteiger partial charge in [0.25, 0.3) is 0 Å². The Labute approximate surface area is 183 Å². The number of benzene rings is 2. The molecule has 5 heteroatoms. The van der Waals surface area contributed by atoms with Crippen LogP contribution in [-0.4, -0.2) is 42.7 Å². The number of esters is 1. The Bertz CT molecular complexity index is 883. The predicted octanol–water partition coefficient (Wildman–Crippen LogP) is 5.30. The van der Waals surface area contributed by atoms with Gasteiger partial charge in [0, 0.05) is 27.3 Å². The van der Waals surface area contributed by atoms with Gasteiger partial charge in [-0.3, -0.25) is 4.79 Å². The summed E-state index contributed by atoms with van der Waals surface area (Å²) in [4.78, 5) is 16.8. The van der Waals surface area contributed by atoms with Crippen LogP contribution in [0.1, 0.15) is 45.6 Å². The molecule has 1 spiro atoms. The van der Waals surface area contributed by atoms with E-state index >= 15 is 0 Å². The fourth-order valence-corrected chi connectivity index (χ4v) is 5.17. The van der Waals surface area contributed by atoms with Crippen molar-refractivity contribution < 1.29 is 14.3 Å². The molecule has 2 aromatic carbocycles. The minimum absolute atomic E-state index is 0.110. The summed E-state index contributed by atoms with van der Waals surface area (Å²) in [5.41, 5.74) is 1.06. The first kappa shape index (κ1) is 21.3. The number of rotatable bonds is 5. The molecule has 1 fully saturated rings. The van der Waals surface area contributed by atoms with Gasteiger partial charge in [0.1, 0.15) is 11.4 Å². The molecule has 2 aromatic rings. The number of hydrogen-bond acceptors (Lipinski definition) is 5. The van der Waals surface area contributed by atoms with Crippen LogP contribution >= 0.6 is 11.8 Å². The standard InChI is InChI=1S/C25H31NO3S/c1-24(2,3)29-23(27)11-14-26-15-12-25(13-16-26)18-28-22-17-20(9-10-21(22)25)30-19-7-5-4-6-8-19/h4-10,17H,11-16,18H2,1-3H3. The van der Waals surface area contributed by atoms with E-state index in [0.29, 0.717) is 6.42 Å². The molecule has 30 heavy (non-hydrogen) atoms. The number of nitrogens with zero attached hydrogens (tertiary/aromatic N) is 1. The molecule has 0 N–H and O–H groups in total. The predicted molar refractivity (Wildman–Crippen MR) is 120 cm³/mol. The van der Waals surface area contributed by atoms with E-state index in [1.165, 1.54) is 15.4 Å². The van der Waals surface area contributed by atoms with E-state index in [9.17, 15) is 4.79 Å². The number of piperidine rings is 1. The van der Waals surface area contributed by atoms with Crippen molar-refractivity contribution in [1.82, 2.24) is 4.90 Å². The van der Waals surface area contributed by atoms with Gasteiger partial charge in [-0.1, -0.05) is 36.0 Å². The minimum Gasteiger partial charge on any atom is -0.492 e. The molecular formula is C25H31NO3S. The zero-order valence-electron chi connectivity index (χ0n) is 18.1. The molecule has 0 unspecified atom stereocenters. The minimum atomic E-state index is -0.411. The lowest BCUT2D eigenvalue weighted by atomic mass is 9.74. The Morgan fingerprint density at radius 2 is 1.83 bits per heavy atom. The van der Waals surface area contributed by atoms with Crippen molar-refractivity contribution in [3.05, 3.63) is 54.1 Å². The Hall–Kier alpha value is -1.98. The highest BCUT2D eigenvalue weighted by atomic mass is 32.2. The van der Waals surface area contributed by atoms with Gasteiger partial charge in [-0.15, -0.1) is 0 Å². The molecule has 0 amide bonds. The van der Waals surface area contributed by atoms with Crippen LogP contribution in [0.15, 0.2) is 58.3 Å². The quantitative estimate of drug-likeness (QED) is 0.608. The molecule has 1 saturated heterocycles. The van der Waals surface area contributed by atoms with E-state index in [1.54, 1.807) is 11.8 Å². The maximum absolute atomic E-state index is 12.0. The summed E-state index contributed by atoms with van der Waals surface area (Å²) >= 11 is 1.77. The number of likely N-dealkylation sites (tertiary alicyclic amines) is 1. The summed E-state index contributed by atoms with van der Waals surface area (Å²) in [5, 5.41) is 0. The summed E-state index contributed by atoms with van der Waals surface area (Å²) in [7, 11) is 0. The molecule has 2 aliphatic heterocycles. The van der Waals surface area contributed by atoms with Crippen molar-refractivity contribution in [2.24, 2.45) is 0 Å². The number of carbonyl (C=O) groups is 1. The van der Waals surface area contributed by atoms with Gasteiger partial charge < -0.3 is 14.4 Å². The van der Waals surface area contributed by atoms with Crippen LogP contribution < -0.4 is 4.74 Å². The molecule has 0 saturated carbocycles. The fourth-order valence-electron chi connectivity index (χ4n) is 4.30. The van der Waals surface area contributed by atoms with Gasteiger partial charge in [0.05, 0.1) is 13.0 Å². The number of fused-ring (bicyclic) bond motifs is 2. The highest BCUT2D eigenvalue weighted by Gasteiger charge is 2.43. The lowest BCUT2D eigenvalue weighted by Gasteiger charge is -2.38. The van der Waals surface area contributed by atoms with Crippen LogP contribution in [0.3, 0.4) is 0 Å². The van der Waals surface area contributed by atoms with Gasteiger partial charge in [-0.05, 0) is 71.0 Å². The van der Waals surface area contributed by atoms with Crippen LogP contribution in [-0.2, 0) is 14.9 Å². The van der Waals surface area contributed by atoms with Crippen LogP contribution in [0.5, 0.6) is 5.75 Å². The zero-order chi connectivity index (χ0) is 21.2. The summed E-state index contributed by atoms with van der Waals surface area (Å²) < 4.78 is 11.6. The monoisotopic (exact) mass is 425 g/mol. The maximum atomic E-state index is 12.0. The molecule has 2 aliphatic rings. The summed E-state index contributed by atoms with van der Waals surface area (Å²) in [6.45, 7) is 9.26. The lowest BCUT2D eigenvalue weighted by Crippen LogP contribution is -2.44. The number of ether oxygens (including phenoxy) is 2. The molecule has 0 aliphatic carbocycles. The first-order valence-corrected chi connectivity index (χ1v) is 11.6. The molecule has 160 valence electrons. The molecule has 4 nitrogen and oxygen atoms in total. The van der Waals surface area contributed by atoms with E-state index in [2.05, 4.69) is 47.4 Å². The third kappa shape index (κ3) is 5.01. The zero-order valence-corrected chi connectivity index (χ0v) is 19.0. The lowest BCUT2D eigenvalue weighted by molar-refractivity contribution is -0.155. The highest BCUT2D eigenvalue weighted by molar-refractivity contribution is 7.99. The second-order valence-corrected chi connectivity index (χ2v) is 10.5. The molecular weight excluding hydrogens is 394 g/mol. The van der Waals surface area contributed by atoms with Crippen LogP contribution in [0.4, 0.5) is 0 Å². The smallest absolute Gasteiger partial charge is 0.307 e. The van der Waals surface area contributed by atoms with E-state index in [4.69, 9.17) is 9.47 Å². The van der Waals surface area contributed by atoms with E-state index < -0.39 is 5.60 Å². The van der Waals surface area contributed by atoms with Gasteiger partial charge >= 0.3 is 5.97 Å². The molecule has 2 heterocycles. The van der Waals surface area contributed by atoms with Crippen molar-refractivity contribution in [3.63, 3.8) is 0 Å². The van der Waals surface area contributed by atoms with Crippen molar-refractivity contribution >= 4 is 17.7 Å². The molecule has 0 radical (unpaired) electrons. The number of carbonyl (C=O) groups excluding carboxylic acids is 1. The first-order valence-electron chi connectivity index (χ1n) is 10.8. The number of hydrogen-bond donors (Lipinski definition) is 0. The van der Waals surface area contributed by atoms with Crippen LogP contribution in [0, 0.1) is 0 Å². The van der Waals surface area contributed by atoms with Crippen molar-refractivity contribution in [1.29, 1.82) is 0 Å². The normalized spacial score (nSPS) is 18.1. The van der Waals surface area contributed by atoms with E-state index in [1.807, 2.05) is 26.8 Å². The molecule has 0 bridgehead atoms. The van der Waals surface area contributed by atoms with E-state index in [-0.39, 0.29) is 11.4 Å². The van der Waals surface area contributed by atoms with E-state index in [0.717, 1.165) is 44.8 Å². The molecule has 0 aromatic heterocycles. The van der Waals surface area contributed by atoms with Gasteiger partial charge in [0.2, 0.25) is 0 Å². The van der Waals surface area contributed by atoms with Crippen LogP contribution in [0.25, 0.3) is 0 Å². The van der Waals surface area contributed by atoms with Crippen molar-refractivity contribution in [2.75, 3.05) is 26.2 Å². The SMILES string of the molecule is CC(C)(C)OC(=O)CCN1CCC2(CC1)COc1cc(Sc3ccccc3)ccc12. The van der Waals surface area contributed by atoms with Crippen LogP contribution in [0.2, 0.25) is 0 Å². The topological polar surface area (TPSA) is 38.8 Å². The molecule has 4 rings (SSSR count). The molecule has 0 atom stereocenters. The maximum Gasteiger partial charge on any atom is 0.307 e. The Balaban J connectivity index is 1.34. The Kier molecular flexibility index (Phi) is 6.12. The highest BCUT2D eigenvalue weighted by Crippen LogP contribution is 2.47. The first-order chi connectivity index (χ1) is 14.3. The van der Waals surface area contributed by atoms with Gasteiger partial charge in [-0.2, -0.15) is 0 Å². The summed E-state index contributed by atoms with van der Waals surface area (Å²) in [6.07, 6.45) is 2.59. The second-order valence-electron chi connectivity index (χ2n) is 9.32. The third-order valence-corrected chi connectivity index (χ3v) is 6.87. The third-order valence-electron chi connectivity index (χ3n) is 5.87. The largest absolute Gasteiger partial charge is 0.492 e. The Morgan fingerprint density at radius 1 is 1.10 bits per heavy atom. The average molecular weight is 426 g/mol. The van der Waals surface area contributed by atoms with Crippen molar-refractivity contribution in [2.45, 2.75) is 60.8 Å². The fraction of sp³-hybridized carbons (Fsp3) is 0.480. The van der Waals surface area contributed by atoms with Gasteiger partial charge in [0.15, 0.2) is 0 Å². The van der Waals surface area contributed by atoms with Crippen molar-refractivity contribution in [3.8, 4) is 5.75 Å². The average Bonchev–Trinajstić information content (AvgIpc) is 3.05. The second kappa shape index (κ2) is 8.64. The summed E-state index contributed by atoms with van der Waals surface area (Å²) in [5.74, 6) is 0.930. The Morgan fingerprint density at radius 3 is 2.53 bits per heavy atom. The summed E-state index contributed by atoms with van der Waals surface area (Å²) in [6, 6.07) is 17.1. The van der Waals surface area contributed by atoms with Gasteiger partial charge in [-0.25, -0.2) is 0 Å².